The number of benzene rings is 1. The van der Waals surface area contributed by atoms with Crippen LogP contribution in [-0.4, -0.2) is 63.5 Å². The van der Waals surface area contributed by atoms with E-state index in [-0.39, 0.29) is 36.3 Å². The predicted molar refractivity (Wildman–Crippen MR) is 124 cm³/mol. The second-order valence-electron chi connectivity index (χ2n) is 8.49. The third kappa shape index (κ3) is 5.34. The molecule has 0 spiro atoms. The quantitative estimate of drug-likeness (QED) is 0.353. The van der Waals surface area contributed by atoms with Crippen LogP contribution in [-0.2, 0) is 20.8 Å². The van der Waals surface area contributed by atoms with Crippen LogP contribution in [0.3, 0.4) is 0 Å². The maximum atomic E-state index is 13.1. The summed E-state index contributed by atoms with van der Waals surface area (Å²) < 4.78 is 0. The predicted octanol–water partition coefficient (Wildman–Crippen LogP) is 0.737. The van der Waals surface area contributed by atoms with Crippen molar-refractivity contribution < 1.29 is 24.0 Å². The van der Waals surface area contributed by atoms with Gasteiger partial charge in [-0.3, -0.25) is 44.2 Å². The van der Waals surface area contributed by atoms with E-state index in [2.05, 4.69) is 25.9 Å². The smallest absolute Gasteiger partial charge is 0.264 e. The zero-order valence-corrected chi connectivity index (χ0v) is 19.3. The molecular weight excluding hydrogens is 452 g/mol. The second kappa shape index (κ2) is 10.4. The highest BCUT2D eigenvalue weighted by Crippen LogP contribution is 2.32. The van der Waals surface area contributed by atoms with E-state index >= 15 is 0 Å². The van der Waals surface area contributed by atoms with E-state index in [1.54, 1.807) is 30.6 Å². The molecule has 2 aliphatic heterocycles. The monoisotopic (exact) mass is 478 g/mol. The average Bonchev–Trinajstić information content (AvgIpc) is 3.08. The molecule has 1 saturated heterocycles. The van der Waals surface area contributed by atoms with Gasteiger partial charge in [0.15, 0.2) is 0 Å². The summed E-state index contributed by atoms with van der Waals surface area (Å²) in [5.74, 6) is -2.26. The van der Waals surface area contributed by atoms with Gasteiger partial charge in [0, 0.05) is 37.6 Å². The molecular formula is C24H26N6O5. The number of unbranched alkanes of at least 4 members (excludes halogenated alkanes) is 1. The molecule has 1 fully saturated rings. The maximum Gasteiger partial charge on any atom is 0.264 e. The number of fused-ring (bicyclic) bond motifs is 1. The van der Waals surface area contributed by atoms with E-state index in [9.17, 15) is 24.0 Å². The van der Waals surface area contributed by atoms with Gasteiger partial charge < -0.3 is 10.6 Å². The molecule has 0 aliphatic carbocycles. The number of piperidine rings is 1. The van der Waals surface area contributed by atoms with Crippen molar-refractivity contribution in [3.63, 3.8) is 0 Å². The van der Waals surface area contributed by atoms with Crippen LogP contribution in [0.2, 0.25) is 0 Å². The molecule has 1 atom stereocenters. The molecule has 0 radical (unpaired) electrons. The highest BCUT2D eigenvalue weighted by atomic mass is 16.2. The van der Waals surface area contributed by atoms with Crippen LogP contribution in [0.25, 0.3) is 0 Å². The zero-order chi connectivity index (χ0) is 24.9. The molecule has 11 nitrogen and oxygen atoms in total. The topological polar surface area (TPSA) is 150 Å². The molecule has 35 heavy (non-hydrogen) atoms. The number of nitrogens with zero attached hydrogens (tertiary/aromatic N) is 3. The number of imide groups is 2. The summed E-state index contributed by atoms with van der Waals surface area (Å²) in [7, 11) is 0. The van der Waals surface area contributed by atoms with Crippen LogP contribution in [0.5, 0.6) is 0 Å². The molecule has 11 heteroatoms. The number of nitrogens with one attached hydrogen (secondary N) is 3. The summed E-state index contributed by atoms with van der Waals surface area (Å²) in [6, 6.07) is 3.94. The van der Waals surface area contributed by atoms with E-state index < -0.39 is 29.7 Å². The molecule has 2 aromatic rings. The molecule has 2 aliphatic rings. The second-order valence-corrected chi connectivity index (χ2v) is 8.49. The Morgan fingerprint density at radius 1 is 1.09 bits per heavy atom. The first-order valence-corrected chi connectivity index (χ1v) is 11.5. The van der Waals surface area contributed by atoms with Crippen molar-refractivity contribution in [1.82, 2.24) is 25.5 Å². The molecule has 1 aromatic carbocycles. The fourth-order valence-corrected chi connectivity index (χ4v) is 4.10. The largest absolute Gasteiger partial charge is 0.384 e. The van der Waals surface area contributed by atoms with Crippen LogP contribution in [0.4, 0.5) is 5.69 Å². The van der Waals surface area contributed by atoms with E-state index in [1.807, 2.05) is 6.92 Å². The van der Waals surface area contributed by atoms with Crippen molar-refractivity contribution in [2.45, 2.75) is 45.1 Å². The van der Waals surface area contributed by atoms with E-state index in [4.69, 9.17) is 0 Å². The summed E-state index contributed by atoms with van der Waals surface area (Å²) in [4.78, 5) is 70.9. The molecule has 1 unspecified atom stereocenters. The average molecular weight is 479 g/mol. The number of hydrogen-bond acceptors (Lipinski definition) is 8. The van der Waals surface area contributed by atoms with E-state index in [0.717, 1.165) is 10.6 Å². The van der Waals surface area contributed by atoms with Gasteiger partial charge in [0.25, 0.3) is 11.8 Å². The summed E-state index contributed by atoms with van der Waals surface area (Å²) in [5.41, 5.74) is 2.38. The van der Waals surface area contributed by atoms with Crippen LogP contribution in [0.1, 0.15) is 57.8 Å². The fourth-order valence-electron chi connectivity index (χ4n) is 4.10. The van der Waals surface area contributed by atoms with Crippen molar-refractivity contribution in [2.24, 2.45) is 0 Å². The molecule has 4 rings (SSSR count). The first-order valence-electron chi connectivity index (χ1n) is 11.5. The minimum Gasteiger partial charge on any atom is -0.384 e. The maximum absolute atomic E-state index is 13.1. The summed E-state index contributed by atoms with van der Waals surface area (Å²) >= 11 is 0. The van der Waals surface area contributed by atoms with Gasteiger partial charge >= 0.3 is 0 Å². The van der Waals surface area contributed by atoms with Gasteiger partial charge in [-0.1, -0.05) is 6.07 Å². The third-order valence-electron chi connectivity index (χ3n) is 5.89. The Morgan fingerprint density at radius 2 is 1.89 bits per heavy atom. The molecule has 1 aromatic heterocycles. The van der Waals surface area contributed by atoms with E-state index in [1.165, 1.54) is 0 Å². The van der Waals surface area contributed by atoms with Crippen LogP contribution >= 0.6 is 0 Å². The summed E-state index contributed by atoms with van der Waals surface area (Å²) in [6.07, 6.45) is 4.99. The standard InChI is InChI=1S/C24H26N6O5/c1-14-12-28-15(13-27-14)11-20(32)26-10-3-2-9-25-17-6-4-5-16-21(17)24(35)30(23(16)34)18-7-8-19(31)29-22(18)33/h4-6,12-13,18,25H,2-3,7-11H2,1H3,(H,26,32)(H,29,31,33). The Bertz CT molecular complexity index is 1180. The highest BCUT2D eigenvalue weighted by Gasteiger charge is 2.45. The van der Waals surface area contributed by atoms with Gasteiger partial charge in [-0.05, 0) is 38.3 Å². The van der Waals surface area contributed by atoms with Crippen LogP contribution in [0.15, 0.2) is 30.6 Å². The first-order chi connectivity index (χ1) is 16.8. The zero-order valence-electron chi connectivity index (χ0n) is 19.3. The molecule has 0 bridgehead atoms. The van der Waals surface area contributed by atoms with Gasteiger partial charge in [-0.15, -0.1) is 0 Å². The van der Waals surface area contributed by atoms with Crippen LogP contribution in [0, 0.1) is 6.92 Å². The third-order valence-corrected chi connectivity index (χ3v) is 5.89. The number of amides is 5. The summed E-state index contributed by atoms with van der Waals surface area (Å²) in [6.45, 7) is 2.85. The number of carbonyl (C=O) groups is 5. The minimum atomic E-state index is -0.998. The lowest BCUT2D eigenvalue weighted by molar-refractivity contribution is -0.136. The van der Waals surface area contributed by atoms with Gasteiger partial charge in [0.1, 0.15) is 6.04 Å². The SMILES string of the molecule is Cc1cnc(CC(=O)NCCCCNc2cccc3c2C(=O)N(C2CCC(=O)NC2=O)C3=O)cn1. The highest BCUT2D eigenvalue weighted by molar-refractivity contribution is 6.25. The Hall–Kier alpha value is -4.15. The Labute approximate surface area is 201 Å². The minimum absolute atomic E-state index is 0.0733. The molecule has 0 saturated carbocycles. The number of carbonyl (C=O) groups excluding carboxylic acids is 5. The Kier molecular flexibility index (Phi) is 7.14. The lowest BCUT2D eigenvalue weighted by Crippen LogP contribution is -2.54. The van der Waals surface area contributed by atoms with Crippen LogP contribution < -0.4 is 16.0 Å². The summed E-state index contributed by atoms with van der Waals surface area (Å²) in [5, 5.41) is 8.22. The van der Waals surface area contributed by atoms with E-state index in [0.29, 0.717) is 37.3 Å². The number of aryl methyl sites for hydroxylation is 1. The molecule has 5 amide bonds. The lowest BCUT2D eigenvalue weighted by atomic mass is 10.0. The normalized spacial score (nSPS) is 17.3. The van der Waals surface area contributed by atoms with Gasteiger partial charge in [-0.25, -0.2) is 0 Å². The molecule has 182 valence electrons. The van der Waals surface area contributed by atoms with Crippen molar-refractivity contribution >= 4 is 35.2 Å². The molecule has 3 N–H and O–H groups in total. The lowest BCUT2D eigenvalue weighted by Gasteiger charge is -2.27. The van der Waals surface area contributed by atoms with Crippen molar-refractivity contribution in [1.29, 1.82) is 0 Å². The van der Waals surface area contributed by atoms with Crippen molar-refractivity contribution in [2.75, 3.05) is 18.4 Å². The molecule has 3 heterocycles. The number of aromatic nitrogens is 2. The fraction of sp³-hybridized carbons (Fsp3) is 0.375. The number of anilines is 1. The van der Waals surface area contributed by atoms with Crippen molar-refractivity contribution in [3.8, 4) is 0 Å². The van der Waals surface area contributed by atoms with Gasteiger partial charge in [-0.2, -0.15) is 0 Å². The number of rotatable bonds is 9. The number of hydrogen-bond donors (Lipinski definition) is 3. The van der Waals surface area contributed by atoms with Gasteiger partial charge in [0.05, 0.1) is 28.9 Å². The Balaban J connectivity index is 1.27. The van der Waals surface area contributed by atoms with Gasteiger partial charge in [0.2, 0.25) is 17.7 Å². The first kappa shape index (κ1) is 24.0. The Morgan fingerprint density at radius 3 is 2.63 bits per heavy atom. The van der Waals surface area contributed by atoms with Crippen molar-refractivity contribution in [3.05, 3.63) is 53.1 Å².